The summed E-state index contributed by atoms with van der Waals surface area (Å²) in [4.78, 5) is 26.0. The lowest BCUT2D eigenvalue weighted by Crippen LogP contribution is -2.44. The zero-order valence-corrected chi connectivity index (χ0v) is 12.0. The summed E-state index contributed by atoms with van der Waals surface area (Å²) in [5, 5.41) is 2.80. The van der Waals surface area contributed by atoms with Crippen LogP contribution in [0.5, 0.6) is 0 Å². The smallest absolute Gasteiger partial charge is 0.254 e. The van der Waals surface area contributed by atoms with Crippen LogP contribution in [-0.2, 0) is 11.2 Å². The van der Waals surface area contributed by atoms with Gasteiger partial charge in [0.2, 0.25) is 5.91 Å². The molecule has 0 bridgehead atoms. The van der Waals surface area contributed by atoms with E-state index in [0.29, 0.717) is 23.9 Å². The Balaban J connectivity index is 1.84. The highest BCUT2D eigenvalue weighted by molar-refractivity contribution is 6.01. The minimum absolute atomic E-state index is 0.00422. The number of hydrogen-bond donors (Lipinski definition) is 1. The number of benzene rings is 1. The highest BCUT2D eigenvalue weighted by atomic mass is 16.2. The molecule has 1 saturated heterocycles. The van der Waals surface area contributed by atoms with Gasteiger partial charge < -0.3 is 10.2 Å². The first-order chi connectivity index (χ1) is 9.54. The van der Waals surface area contributed by atoms with Crippen LogP contribution in [0.25, 0.3) is 0 Å². The molecule has 2 aliphatic heterocycles. The first-order valence-corrected chi connectivity index (χ1v) is 7.28. The van der Waals surface area contributed by atoms with Crippen LogP contribution in [0, 0.1) is 5.92 Å². The van der Waals surface area contributed by atoms with Crippen molar-refractivity contribution in [3.8, 4) is 0 Å². The van der Waals surface area contributed by atoms with Gasteiger partial charge in [-0.05, 0) is 49.4 Å². The summed E-state index contributed by atoms with van der Waals surface area (Å²) in [7, 11) is 0. The summed E-state index contributed by atoms with van der Waals surface area (Å²) in [6, 6.07) is 5.82. The summed E-state index contributed by atoms with van der Waals surface area (Å²) in [6.07, 6.45) is 2.63. The van der Waals surface area contributed by atoms with E-state index in [1.165, 1.54) is 6.42 Å². The van der Waals surface area contributed by atoms with Crippen molar-refractivity contribution in [3.05, 3.63) is 29.3 Å². The lowest BCUT2D eigenvalue weighted by atomic mass is 9.94. The predicted octanol–water partition coefficient (Wildman–Crippen LogP) is 2.44. The van der Waals surface area contributed by atoms with E-state index in [1.54, 1.807) is 0 Å². The summed E-state index contributed by atoms with van der Waals surface area (Å²) < 4.78 is 0. The van der Waals surface area contributed by atoms with E-state index in [1.807, 2.05) is 23.1 Å². The van der Waals surface area contributed by atoms with Gasteiger partial charge in [-0.3, -0.25) is 9.59 Å². The van der Waals surface area contributed by atoms with E-state index in [2.05, 4.69) is 19.2 Å². The van der Waals surface area contributed by atoms with Gasteiger partial charge in [-0.15, -0.1) is 0 Å². The van der Waals surface area contributed by atoms with Crippen LogP contribution < -0.4 is 5.32 Å². The molecule has 0 radical (unpaired) electrons. The molecular formula is C16H20N2O2. The molecule has 2 atom stereocenters. The molecule has 1 N–H and O–H groups in total. The second-order valence-electron chi connectivity index (χ2n) is 6.09. The van der Waals surface area contributed by atoms with Crippen molar-refractivity contribution in [3.63, 3.8) is 0 Å². The average molecular weight is 272 g/mol. The number of rotatable bonds is 1. The van der Waals surface area contributed by atoms with E-state index >= 15 is 0 Å². The standard InChI is InChI=1S/C16H20N2O2/c1-10-3-4-11(2)18(9-10)16(20)12-5-6-14-13(7-12)8-15(19)17-14/h5-7,10-11H,3-4,8-9H2,1-2H3,(H,17,19). The summed E-state index contributed by atoms with van der Waals surface area (Å²) in [6.45, 7) is 5.13. The van der Waals surface area contributed by atoms with Crippen LogP contribution in [0.3, 0.4) is 0 Å². The molecule has 106 valence electrons. The van der Waals surface area contributed by atoms with Crippen LogP contribution in [0.15, 0.2) is 18.2 Å². The van der Waals surface area contributed by atoms with Crippen molar-refractivity contribution in [1.29, 1.82) is 0 Å². The van der Waals surface area contributed by atoms with E-state index in [0.717, 1.165) is 24.2 Å². The molecule has 0 saturated carbocycles. The topological polar surface area (TPSA) is 49.4 Å². The quantitative estimate of drug-likeness (QED) is 0.853. The molecule has 1 fully saturated rings. The van der Waals surface area contributed by atoms with Gasteiger partial charge >= 0.3 is 0 Å². The zero-order chi connectivity index (χ0) is 14.3. The van der Waals surface area contributed by atoms with Crippen LogP contribution in [0.2, 0.25) is 0 Å². The highest BCUT2D eigenvalue weighted by Gasteiger charge is 2.28. The van der Waals surface area contributed by atoms with Gasteiger partial charge in [-0.25, -0.2) is 0 Å². The number of likely N-dealkylation sites (tertiary alicyclic amines) is 1. The van der Waals surface area contributed by atoms with Crippen molar-refractivity contribution in [2.24, 2.45) is 5.92 Å². The first kappa shape index (κ1) is 13.2. The molecule has 4 heteroatoms. The van der Waals surface area contributed by atoms with Crippen LogP contribution in [0.1, 0.15) is 42.6 Å². The van der Waals surface area contributed by atoms with Gasteiger partial charge in [0, 0.05) is 23.8 Å². The van der Waals surface area contributed by atoms with Crippen LogP contribution >= 0.6 is 0 Å². The maximum absolute atomic E-state index is 12.7. The maximum Gasteiger partial charge on any atom is 0.254 e. The number of nitrogens with zero attached hydrogens (tertiary/aromatic N) is 1. The molecular weight excluding hydrogens is 252 g/mol. The van der Waals surface area contributed by atoms with Gasteiger partial charge in [0.25, 0.3) is 5.91 Å². The number of carbonyl (C=O) groups is 2. The molecule has 2 amide bonds. The molecule has 0 aliphatic carbocycles. The van der Waals surface area contributed by atoms with Crippen molar-refractivity contribution < 1.29 is 9.59 Å². The number of piperidine rings is 1. The lowest BCUT2D eigenvalue weighted by molar-refractivity contribution is -0.115. The van der Waals surface area contributed by atoms with Gasteiger partial charge in [0.1, 0.15) is 0 Å². The van der Waals surface area contributed by atoms with Crippen molar-refractivity contribution in [2.75, 3.05) is 11.9 Å². The van der Waals surface area contributed by atoms with E-state index in [-0.39, 0.29) is 11.8 Å². The molecule has 1 aromatic carbocycles. The maximum atomic E-state index is 12.7. The Labute approximate surface area is 119 Å². The fraction of sp³-hybridized carbons (Fsp3) is 0.500. The van der Waals surface area contributed by atoms with Gasteiger partial charge in [0.15, 0.2) is 0 Å². The SMILES string of the molecule is CC1CCC(C)N(C(=O)c2ccc3c(c2)CC(=O)N3)C1. The third-order valence-electron chi connectivity index (χ3n) is 4.36. The minimum Gasteiger partial charge on any atom is -0.336 e. The van der Waals surface area contributed by atoms with Gasteiger partial charge in [-0.2, -0.15) is 0 Å². The Morgan fingerprint density at radius 1 is 1.30 bits per heavy atom. The number of carbonyl (C=O) groups excluding carboxylic acids is 2. The fourth-order valence-corrected chi connectivity index (χ4v) is 3.10. The zero-order valence-electron chi connectivity index (χ0n) is 12.0. The van der Waals surface area contributed by atoms with E-state index in [4.69, 9.17) is 0 Å². The Kier molecular flexibility index (Phi) is 3.24. The van der Waals surface area contributed by atoms with Crippen molar-refractivity contribution >= 4 is 17.5 Å². The molecule has 2 aliphatic rings. The van der Waals surface area contributed by atoms with Crippen molar-refractivity contribution in [1.82, 2.24) is 4.90 Å². The van der Waals surface area contributed by atoms with E-state index < -0.39 is 0 Å². The Hall–Kier alpha value is -1.84. The molecule has 4 nitrogen and oxygen atoms in total. The molecule has 0 aromatic heterocycles. The lowest BCUT2D eigenvalue weighted by Gasteiger charge is -2.37. The Bertz CT molecular complexity index is 568. The fourth-order valence-electron chi connectivity index (χ4n) is 3.10. The summed E-state index contributed by atoms with van der Waals surface area (Å²) in [5.41, 5.74) is 2.46. The third-order valence-corrected chi connectivity index (χ3v) is 4.36. The molecule has 20 heavy (non-hydrogen) atoms. The molecule has 3 rings (SSSR count). The first-order valence-electron chi connectivity index (χ1n) is 7.28. The largest absolute Gasteiger partial charge is 0.336 e. The molecule has 2 heterocycles. The molecule has 0 spiro atoms. The second kappa shape index (κ2) is 4.93. The molecule has 1 aromatic rings. The normalized spacial score (nSPS) is 25.3. The Morgan fingerprint density at radius 2 is 2.10 bits per heavy atom. The second-order valence-corrected chi connectivity index (χ2v) is 6.09. The number of anilines is 1. The summed E-state index contributed by atoms with van der Waals surface area (Å²) in [5.74, 6) is 0.656. The van der Waals surface area contributed by atoms with Crippen LogP contribution in [-0.4, -0.2) is 29.3 Å². The minimum atomic E-state index is 0.00422. The third kappa shape index (κ3) is 2.30. The Morgan fingerprint density at radius 3 is 2.90 bits per heavy atom. The number of hydrogen-bond acceptors (Lipinski definition) is 2. The van der Waals surface area contributed by atoms with Gasteiger partial charge in [-0.1, -0.05) is 6.92 Å². The number of nitrogens with one attached hydrogen (secondary N) is 1. The number of amides is 2. The van der Waals surface area contributed by atoms with Crippen molar-refractivity contribution in [2.45, 2.75) is 39.2 Å². The highest BCUT2D eigenvalue weighted by Crippen LogP contribution is 2.27. The average Bonchev–Trinajstić information content (AvgIpc) is 2.79. The van der Waals surface area contributed by atoms with E-state index in [9.17, 15) is 9.59 Å². The van der Waals surface area contributed by atoms with Crippen LogP contribution in [0.4, 0.5) is 5.69 Å². The van der Waals surface area contributed by atoms with Gasteiger partial charge in [0.05, 0.1) is 6.42 Å². The monoisotopic (exact) mass is 272 g/mol. The molecule has 2 unspecified atom stereocenters. The predicted molar refractivity (Wildman–Crippen MR) is 77.7 cm³/mol. The number of fused-ring (bicyclic) bond motifs is 1. The summed E-state index contributed by atoms with van der Waals surface area (Å²) >= 11 is 0.